The van der Waals surface area contributed by atoms with Crippen LogP contribution < -0.4 is 14.9 Å². The lowest BCUT2D eigenvalue weighted by molar-refractivity contribution is -0.114. The van der Waals surface area contributed by atoms with E-state index < -0.39 is 22.5 Å². The van der Waals surface area contributed by atoms with Crippen molar-refractivity contribution >= 4 is 33.2 Å². The van der Waals surface area contributed by atoms with Crippen LogP contribution in [0.4, 0.5) is 11.4 Å². The quantitative estimate of drug-likeness (QED) is 0.482. The standard InChI is InChI=1S/C26H29N3O4S/c1-4-20-12-8-11-17-24(20)29(34(3,32)33)18-25(30)28-23-16-10-9-15-22(23)26(31)27-19(2)21-13-6-5-7-14-21/h5-17,19H,4,18H2,1-3H3,(H,27,31)(H,28,30)/t19-/m0/s1. The van der Waals surface area contributed by atoms with E-state index >= 15 is 0 Å². The van der Waals surface area contributed by atoms with Crippen LogP contribution in [-0.2, 0) is 21.2 Å². The second-order valence-electron chi connectivity index (χ2n) is 7.95. The van der Waals surface area contributed by atoms with Crippen LogP contribution in [0, 0.1) is 0 Å². The van der Waals surface area contributed by atoms with Gasteiger partial charge in [-0.2, -0.15) is 0 Å². The number of anilines is 2. The zero-order valence-electron chi connectivity index (χ0n) is 19.5. The third-order valence-electron chi connectivity index (χ3n) is 5.42. The van der Waals surface area contributed by atoms with Gasteiger partial charge in [0, 0.05) is 0 Å². The molecule has 0 saturated carbocycles. The third kappa shape index (κ3) is 6.23. The van der Waals surface area contributed by atoms with E-state index in [1.807, 2.05) is 56.3 Å². The molecule has 0 saturated heterocycles. The van der Waals surface area contributed by atoms with E-state index in [-0.39, 0.29) is 11.9 Å². The van der Waals surface area contributed by atoms with Gasteiger partial charge in [-0.3, -0.25) is 13.9 Å². The molecule has 1 atom stereocenters. The molecule has 2 N–H and O–H groups in total. The Morgan fingerprint density at radius 3 is 2.21 bits per heavy atom. The van der Waals surface area contributed by atoms with Crippen molar-refractivity contribution in [3.8, 4) is 0 Å². The molecule has 3 aromatic rings. The highest BCUT2D eigenvalue weighted by Crippen LogP contribution is 2.24. The van der Waals surface area contributed by atoms with E-state index in [2.05, 4.69) is 10.6 Å². The van der Waals surface area contributed by atoms with Crippen molar-refractivity contribution in [2.24, 2.45) is 0 Å². The molecule has 0 aliphatic rings. The van der Waals surface area contributed by atoms with Crippen molar-refractivity contribution in [2.45, 2.75) is 26.3 Å². The van der Waals surface area contributed by atoms with Crippen LogP contribution in [0.1, 0.15) is 41.4 Å². The van der Waals surface area contributed by atoms with E-state index in [1.54, 1.807) is 36.4 Å². The summed E-state index contributed by atoms with van der Waals surface area (Å²) in [6.45, 7) is 3.39. The lowest BCUT2D eigenvalue weighted by atomic mass is 10.1. The zero-order chi connectivity index (χ0) is 24.7. The van der Waals surface area contributed by atoms with Gasteiger partial charge >= 0.3 is 0 Å². The summed E-state index contributed by atoms with van der Waals surface area (Å²) in [5, 5.41) is 5.64. The van der Waals surface area contributed by atoms with Crippen molar-refractivity contribution in [1.29, 1.82) is 0 Å². The number of nitrogens with one attached hydrogen (secondary N) is 2. The highest BCUT2D eigenvalue weighted by Gasteiger charge is 2.24. The van der Waals surface area contributed by atoms with Gasteiger partial charge in [-0.05, 0) is 42.7 Å². The highest BCUT2D eigenvalue weighted by molar-refractivity contribution is 7.92. The van der Waals surface area contributed by atoms with Crippen LogP contribution >= 0.6 is 0 Å². The fraction of sp³-hybridized carbons (Fsp3) is 0.231. The summed E-state index contributed by atoms with van der Waals surface area (Å²) < 4.78 is 26.1. The second kappa shape index (κ2) is 11.0. The van der Waals surface area contributed by atoms with Crippen molar-refractivity contribution < 1.29 is 18.0 Å². The molecular weight excluding hydrogens is 450 g/mol. The molecule has 0 aliphatic heterocycles. The lowest BCUT2D eigenvalue weighted by Gasteiger charge is -2.24. The van der Waals surface area contributed by atoms with Crippen molar-refractivity contribution in [1.82, 2.24) is 5.32 Å². The monoisotopic (exact) mass is 479 g/mol. The fourth-order valence-electron chi connectivity index (χ4n) is 3.64. The van der Waals surface area contributed by atoms with Gasteiger partial charge in [0.25, 0.3) is 5.91 Å². The summed E-state index contributed by atoms with van der Waals surface area (Å²) in [6.07, 6.45) is 1.69. The average Bonchev–Trinajstić information content (AvgIpc) is 2.82. The molecule has 0 fully saturated rings. The van der Waals surface area contributed by atoms with Crippen LogP contribution in [0.15, 0.2) is 78.9 Å². The molecule has 0 aliphatic carbocycles. The van der Waals surface area contributed by atoms with Gasteiger partial charge in [0.1, 0.15) is 6.54 Å². The fourth-order valence-corrected chi connectivity index (χ4v) is 4.53. The molecule has 8 heteroatoms. The molecule has 3 aromatic carbocycles. The molecule has 2 amide bonds. The summed E-state index contributed by atoms with van der Waals surface area (Å²) >= 11 is 0. The SMILES string of the molecule is CCc1ccccc1N(CC(=O)Nc1ccccc1C(=O)N[C@@H](C)c1ccccc1)S(C)(=O)=O. The number of carbonyl (C=O) groups is 2. The van der Waals surface area contributed by atoms with Crippen LogP contribution in [0.2, 0.25) is 0 Å². The summed E-state index contributed by atoms with van der Waals surface area (Å²) in [4.78, 5) is 25.9. The summed E-state index contributed by atoms with van der Waals surface area (Å²) in [7, 11) is -3.72. The summed E-state index contributed by atoms with van der Waals surface area (Å²) in [5.41, 5.74) is 2.83. The molecule has 7 nitrogen and oxygen atoms in total. The van der Waals surface area contributed by atoms with E-state index in [9.17, 15) is 18.0 Å². The van der Waals surface area contributed by atoms with E-state index in [4.69, 9.17) is 0 Å². The predicted molar refractivity (Wildman–Crippen MR) is 135 cm³/mol. The van der Waals surface area contributed by atoms with E-state index in [0.717, 1.165) is 21.7 Å². The average molecular weight is 480 g/mol. The molecule has 178 valence electrons. The number of amides is 2. The lowest BCUT2D eigenvalue weighted by Crippen LogP contribution is -2.38. The minimum Gasteiger partial charge on any atom is -0.345 e. The molecule has 0 spiro atoms. The zero-order valence-corrected chi connectivity index (χ0v) is 20.3. The van der Waals surface area contributed by atoms with Gasteiger partial charge in [-0.15, -0.1) is 0 Å². The van der Waals surface area contributed by atoms with E-state index in [0.29, 0.717) is 23.4 Å². The number of hydrogen-bond donors (Lipinski definition) is 2. The number of carbonyl (C=O) groups excluding carboxylic acids is 2. The van der Waals surface area contributed by atoms with Crippen molar-refractivity contribution in [3.05, 3.63) is 95.6 Å². The Hall–Kier alpha value is -3.65. The number of benzene rings is 3. The normalized spacial score (nSPS) is 12.0. The Labute approximate surface area is 200 Å². The molecule has 0 aromatic heterocycles. The smallest absolute Gasteiger partial charge is 0.253 e. The van der Waals surface area contributed by atoms with Crippen molar-refractivity contribution in [3.63, 3.8) is 0 Å². The molecule has 3 rings (SSSR count). The molecule has 0 radical (unpaired) electrons. The van der Waals surface area contributed by atoms with Gasteiger partial charge in [-0.25, -0.2) is 8.42 Å². The summed E-state index contributed by atoms with van der Waals surface area (Å²) in [5.74, 6) is -0.892. The first-order valence-electron chi connectivity index (χ1n) is 11.0. The largest absolute Gasteiger partial charge is 0.345 e. The number of sulfonamides is 1. The third-order valence-corrected chi connectivity index (χ3v) is 6.55. The maximum atomic E-state index is 12.9. The molecular formula is C26H29N3O4S. The van der Waals surface area contributed by atoms with Gasteiger partial charge in [0.2, 0.25) is 15.9 Å². The minimum absolute atomic E-state index is 0.233. The van der Waals surface area contributed by atoms with Gasteiger partial charge < -0.3 is 10.6 Å². The minimum atomic E-state index is -3.72. The van der Waals surface area contributed by atoms with Crippen molar-refractivity contribution in [2.75, 3.05) is 22.4 Å². The Bertz CT molecular complexity index is 1260. The van der Waals surface area contributed by atoms with Crippen LogP contribution in [0.25, 0.3) is 0 Å². The number of nitrogens with zero attached hydrogens (tertiary/aromatic N) is 1. The van der Waals surface area contributed by atoms with Gasteiger partial charge in [0.05, 0.1) is 29.2 Å². The number of aryl methyl sites for hydroxylation is 1. The second-order valence-corrected chi connectivity index (χ2v) is 9.86. The van der Waals surface area contributed by atoms with Gasteiger partial charge in [-0.1, -0.05) is 67.6 Å². The Morgan fingerprint density at radius 1 is 0.912 bits per heavy atom. The van der Waals surface area contributed by atoms with E-state index in [1.165, 1.54) is 0 Å². The van der Waals surface area contributed by atoms with Crippen LogP contribution in [0.3, 0.4) is 0 Å². The molecule has 0 heterocycles. The Kier molecular flexibility index (Phi) is 8.07. The molecule has 34 heavy (non-hydrogen) atoms. The van der Waals surface area contributed by atoms with Crippen LogP contribution in [-0.4, -0.2) is 33.0 Å². The Morgan fingerprint density at radius 2 is 1.53 bits per heavy atom. The van der Waals surface area contributed by atoms with Gasteiger partial charge in [0.15, 0.2) is 0 Å². The first kappa shape index (κ1) is 25.0. The summed E-state index contributed by atoms with van der Waals surface area (Å²) in [6, 6.07) is 23.0. The maximum absolute atomic E-state index is 12.9. The number of hydrogen-bond acceptors (Lipinski definition) is 4. The molecule has 0 unspecified atom stereocenters. The highest BCUT2D eigenvalue weighted by atomic mass is 32.2. The topological polar surface area (TPSA) is 95.6 Å². The maximum Gasteiger partial charge on any atom is 0.253 e. The first-order valence-corrected chi connectivity index (χ1v) is 12.9. The predicted octanol–water partition coefficient (Wildman–Crippen LogP) is 4.14. The Balaban J connectivity index is 1.79. The molecule has 0 bridgehead atoms. The number of para-hydroxylation sites is 2. The number of rotatable bonds is 9. The van der Waals surface area contributed by atoms with Crippen LogP contribution in [0.5, 0.6) is 0 Å². The first-order chi connectivity index (χ1) is 16.2.